The van der Waals surface area contributed by atoms with Crippen molar-refractivity contribution in [2.45, 2.75) is 213 Å². The number of allylic oxidation sites excluding steroid dienone is 4. The van der Waals surface area contributed by atoms with E-state index in [2.05, 4.69) is 42.7 Å². The van der Waals surface area contributed by atoms with Crippen molar-refractivity contribution in [2.75, 3.05) is 13.2 Å². The number of carbonyl (C=O) groups is 2. The minimum Gasteiger partial charge on any atom is -0.462 e. The smallest absolute Gasteiger partial charge is 0.462 e. The Hall–Kier alpha value is -1.47. The van der Waals surface area contributed by atoms with Crippen molar-refractivity contribution >= 4 is 19.8 Å². The van der Waals surface area contributed by atoms with Crippen molar-refractivity contribution in [3.63, 3.8) is 0 Å². The summed E-state index contributed by atoms with van der Waals surface area (Å²) in [6, 6.07) is 0. The summed E-state index contributed by atoms with van der Waals surface area (Å²) in [5, 5.41) is 0. The van der Waals surface area contributed by atoms with Crippen LogP contribution < -0.4 is 0 Å². The lowest BCUT2D eigenvalue weighted by Gasteiger charge is -2.18. The maximum absolute atomic E-state index is 12.4. The Morgan fingerprint density at radius 3 is 1.28 bits per heavy atom. The highest BCUT2D eigenvalue weighted by Crippen LogP contribution is 2.36. The second-order valence-electron chi connectivity index (χ2n) is 14.0. The Morgan fingerprint density at radius 1 is 0.500 bits per heavy atom. The van der Waals surface area contributed by atoms with E-state index in [1.165, 1.54) is 122 Å². The predicted octanol–water partition coefficient (Wildman–Crippen LogP) is 12.4. The SMILES string of the molecule is CCCC/C=C/CCCCCCCCCCCC(=O)O[C@H](COC(=O)CCCCCCCCC/C=C/CCCCCCCC)COP(=O)(O)O. The van der Waals surface area contributed by atoms with E-state index in [0.717, 1.165) is 51.4 Å². The lowest BCUT2D eigenvalue weighted by atomic mass is 10.1. The van der Waals surface area contributed by atoms with Crippen LogP contribution in [0.15, 0.2) is 24.3 Å². The number of carbonyl (C=O) groups excluding carboxylic acids is 2. The third kappa shape index (κ3) is 39.3. The zero-order chi connectivity index (χ0) is 36.8. The Morgan fingerprint density at radius 2 is 0.860 bits per heavy atom. The second kappa shape index (κ2) is 37.3. The fraction of sp³-hybridized carbons (Fsp3) is 0.854. The molecular weight excluding hydrogens is 651 g/mol. The highest BCUT2D eigenvalue weighted by Gasteiger charge is 2.22. The van der Waals surface area contributed by atoms with Crippen LogP contribution >= 0.6 is 7.82 Å². The van der Waals surface area contributed by atoms with Crippen molar-refractivity contribution in [2.24, 2.45) is 0 Å². The van der Waals surface area contributed by atoms with Crippen LogP contribution in [0.2, 0.25) is 0 Å². The van der Waals surface area contributed by atoms with Gasteiger partial charge < -0.3 is 19.3 Å². The maximum Gasteiger partial charge on any atom is 0.469 e. The normalized spacial score (nSPS) is 12.6. The van der Waals surface area contributed by atoms with Gasteiger partial charge >= 0.3 is 19.8 Å². The number of rotatable bonds is 38. The van der Waals surface area contributed by atoms with Crippen molar-refractivity contribution in [1.82, 2.24) is 0 Å². The molecule has 0 saturated carbocycles. The molecule has 2 N–H and O–H groups in total. The van der Waals surface area contributed by atoms with Crippen molar-refractivity contribution in [3.8, 4) is 0 Å². The molecule has 0 spiro atoms. The van der Waals surface area contributed by atoms with Gasteiger partial charge in [0.05, 0.1) is 6.61 Å². The number of phosphoric ester groups is 1. The van der Waals surface area contributed by atoms with Crippen molar-refractivity contribution in [3.05, 3.63) is 24.3 Å². The van der Waals surface area contributed by atoms with E-state index in [1.54, 1.807) is 0 Å². The molecule has 0 amide bonds. The Bertz CT molecular complexity index is 869. The van der Waals surface area contributed by atoms with Gasteiger partial charge in [-0.05, 0) is 57.8 Å². The molecule has 0 saturated heterocycles. The summed E-state index contributed by atoms with van der Waals surface area (Å²) >= 11 is 0. The number of phosphoric acid groups is 1. The van der Waals surface area contributed by atoms with Crippen LogP contribution in [-0.2, 0) is 28.2 Å². The molecular formula is C41H77O8P. The average molecular weight is 729 g/mol. The molecule has 0 aromatic heterocycles. The number of unbranched alkanes of at least 4 members (excludes halogenated alkanes) is 24. The molecule has 0 aromatic carbocycles. The molecule has 0 aliphatic carbocycles. The summed E-state index contributed by atoms with van der Waals surface area (Å²) in [5.74, 6) is -0.887. The molecule has 0 rings (SSSR count). The van der Waals surface area contributed by atoms with Crippen LogP contribution in [0, 0.1) is 0 Å². The van der Waals surface area contributed by atoms with E-state index in [1.807, 2.05) is 0 Å². The van der Waals surface area contributed by atoms with Gasteiger partial charge in [-0.15, -0.1) is 0 Å². The predicted molar refractivity (Wildman–Crippen MR) is 207 cm³/mol. The summed E-state index contributed by atoms with van der Waals surface area (Å²) in [5.41, 5.74) is 0. The molecule has 0 aromatic rings. The maximum atomic E-state index is 12.4. The highest BCUT2D eigenvalue weighted by atomic mass is 31.2. The minimum atomic E-state index is -4.75. The van der Waals surface area contributed by atoms with Crippen LogP contribution in [0.3, 0.4) is 0 Å². The van der Waals surface area contributed by atoms with E-state index in [9.17, 15) is 14.2 Å². The van der Waals surface area contributed by atoms with Gasteiger partial charge in [-0.2, -0.15) is 0 Å². The van der Waals surface area contributed by atoms with E-state index >= 15 is 0 Å². The monoisotopic (exact) mass is 729 g/mol. The van der Waals surface area contributed by atoms with E-state index < -0.39 is 32.5 Å². The molecule has 9 heteroatoms. The van der Waals surface area contributed by atoms with Gasteiger partial charge in [0.2, 0.25) is 0 Å². The van der Waals surface area contributed by atoms with Crippen molar-refractivity contribution < 1.29 is 37.9 Å². The molecule has 0 aliphatic rings. The molecule has 0 fully saturated rings. The summed E-state index contributed by atoms with van der Waals surface area (Å²) < 4.78 is 26.4. The van der Waals surface area contributed by atoms with Gasteiger partial charge in [-0.1, -0.05) is 160 Å². The van der Waals surface area contributed by atoms with Crippen LogP contribution in [-0.4, -0.2) is 41.0 Å². The van der Waals surface area contributed by atoms with Crippen LogP contribution in [0.1, 0.15) is 206 Å². The average Bonchev–Trinajstić information content (AvgIpc) is 3.08. The molecule has 0 bridgehead atoms. The van der Waals surface area contributed by atoms with Gasteiger partial charge in [0, 0.05) is 12.8 Å². The Balaban J connectivity index is 3.91. The third-order valence-electron chi connectivity index (χ3n) is 8.94. The molecule has 50 heavy (non-hydrogen) atoms. The fourth-order valence-corrected chi connectivity index (χ4v) is 6.18. The van der Waals surface area contributed by atoms with Crippen LogP contribution in [0.5, 0.6) is 0 Å². The first-order valence-corrected chi connectivity index (χ1v) is 22.2. The topological polar surface area (TPSA) is 119 Å². The molecule has 0 unspecified atom stereocenters. The van der Waals surface area contributed by atoms with Gasteiger partial charge in [0.25, 0.3) is 0 Å². The number of hydrogen-bond acceptors (Lipinski definition) is 6. The highest BCUT2D eigenvalue weighted by molar-refractivity contribution is 7.46. The first-order valence-electron chi connectivity index (χ1n) is 20.6. The third-order valence-corrected chi connectivity index (χ3v) is 9.43. The number of esters is 2. The van der Waals surface area contributed by atoms with Gasteiger partial charge in [0.15, 0.2) is 6.10 Å². The molecule has 0 aliphatic heterocycles. The van der Waals surface area contributed by atoms with Gasteiger partial charge in [-0.3, -0.25) is 14.1 Å². The van der Waals surface area contributed by atoms with E-state index in [0.29, 0.717) is 6.42 Å². The molecule has 0 heterocycles. The molecule has 294 valence electrons. The number of ether oxygens (including phenoxy) is 2. The zero-order valence-corrected chi connectivity index (χ0v) is 33.2. The summed E-state index contributed by atoms with van der Waals surface area (Å²) in [6.45, 7) is 3.66. The summed E-state index contributed by atoms with van der Waals surface area (Å²) in [4.78, 5) is 42.8. The second-order valence-corrected chi connectivity index (χ2v) is 15.2. The van der Waals surface area contributed by atoms with E-state index in [4.69, 9.17) is 19.3 Å². The summed E-state index contributed by atoms with van der Waals surface area (Å²) in [7, 11) is -4.75. The fourth-order valence-electron chi connectivity index (χ4n) is 5.82. The lowest BCUT2D eigenvalue weighted by molar-refractivity contribution is -0.161. The number of hydrogen-bond donors (Lipinski definition) is 2. The first-order chi connectivity index (χ1) is 24.3. The van der Waals surface area contributed by atoms with Crippen LogP contribution in [0.25, 0.3) is 0 Å². The molecule has 8 nitrogen and oxygen atoms in total. The minimum absolute atomic E-state index is 0.210. The molecule has 0 radical (unpaired) electrons. The Kier molecular flexibility index (Phi) is 36.2. The van der Waals surface area contributed by atoms with Crippen LogP contribution in [0.4, 0.5) is 0 Å². The van der Waals surface area contributed by atoms with Gasteiger partial charge in [0.1, 0.15) is 6.61 Å². The van der Waals surface area contributed by atoms with E-state index in [-0.39, 0.29) is 19.4 Å². The lowest BCUT2D eigenvalue weighted by Crippen LogP contribution is -2.29. The quantitative estimate of drug-likeness (QED) is 0.0279. The first kappa shape index (κ1) is 48.5. The van der Waals surface area contributed by atoms with Crippen molar-refractivity contribution in [1.29, 1.82) is 0 Å². The largest absolute Gasteiger partial charge is 0.469 e. The summed E-state index contributed by atoms with van der Waals surface area (Å²) in [6.07, 6.45) is 41.8. The van der Waals surface area contributed by atoms with Gasteiger partial charge in [-0.25, -0.2) is 4.57 Å². The molecule has 1 atom stereocenters. The Labute approximate surface area is 307 Å². The zero-order valence-electron chi connectivity index (χ0n) is 32.3. The standard InChI is InChI=1S/C41H77O8P/c1-3-5-7-9-11-13-15-17-19-20-22-23-25-27-29-31-33-35-40(42)47-37-39(38-48-50(44,45)46)49-41(43)36-34-32-30-28-26-24-21-18-16-14-12-10-8-6-4-2/h10,12,17,19,39H,3-9,11,13-16,18,20-38H2,1-2H3,(H2,44,45,46)/b12-10+,19-17+/t39-/m1/s1.